The summed E-state index contributed by atoms with van der Waals surface area (Å²) in [5, 5.41) is 11.9. The summed E-state index contributed by atoms with van der Waals surface area (Å²) in [7, 11) is 0. The van der Waals surface area contributed by atoms with Crippen LogP contribution in [-0.4, -0.2) is 24.2 Å². The monoisotopic (exact) mass is 363 g/mol. The summed E-state index contributed by atoms with van der Waals surface area (Å²) in [4.78, 5) is 4.17. The Morgan fingerprint density at radius 1 is 1.50 bits per heavy atom. The number of aliphatic hydroxyl groups is 1. The molecule has 0 bridgehead atoms. The SMILES string of the molecule is CCc1cccc(NC(N)=NCC(C)CO)c1.I. The number of aryl methyl sites for hydroxylation is 1. The molecule has 18 heavy (non-hydrogen) atoms. The van der Waals surface area contributed by atoms with Gasteiger partial charge in [-0.05, 0) is 30.0 Å². The van der Waals surface area contributed by atoms with E-state index in [0.717, 1.165) is 12.1 Å². The third-order valence-corrected chi connectivity index (χ3v) is 2.49. The lowest BCUT2D eigenvalue weighted by Gasteiger charge is -2.08. The Bertz CT molecular complexity index is 382. The maximum absolute atomic E-state index is 8.88. The van der Waals surface area contributed by atoms with E-state index in [1.54, 1.807) is 0 Å². The molecule has 0 aliphatic heterocycles. The predicted octanol–water partition coefficient (Wildman–Crippen LogP) is 2.22. The van der Waals surface area contributed by atoms with Crippen molar-refractivity contribution in [1.82, 2.24) is 0 Å². The summed E-state index contributed by atoms with van der Waals surface area (Å²) in [5.41, 5.74) is 7.96. The summed E-state index contributed by atoms with van der Waals surface area (Å²) >= 11 is 0. The standard InChI is InChI=1S/C13H21N3O.HI/c1-3-11-5-4-6-12(7-11)16-13(14)15-8-10(2)9-17;/h4-7,10,17H,3,8-9H2,1-2H3,(H3,14,15,16);1H. The van der Waals surface area contributed by atoms with Crippen molar-refractivity contribution >= 4 is 35.6 Å². The zero-order valence-corrected chi connectivity index (χ0v) is 13.2. The van der Waals surface area contributed by atoms with Crippen LogP contribution in [0.1, 0.15) is 19.4 Å². The first-order valence-electron chi connectivity index (χ1n) is 5.92. The lowest BCUT2D eigenvalue weighted by molar-refractivity contribution is 0.242. The highest BCUT2D eigenvalue weighted by Crippen LogP contribution is 2.10. The van der Waals surface area contributed by atoms with Gasteiger partial charge in [0.05, 0.1) is 0 Å². The zero-order valence-electron chi connectivity index (χ0n) is 10.9. The Balaban J connectivity index is 0.00000289. The molecule has 0 aliphatic rings. The fourth-order valence-corrected chi connectivity index (χ4v) is 1.37. The number of aliphatic hydroxyl groups excluding tert-OH is 1. The topological polar surface area (TPSA) is 70.6 Å². The van der Waals surface area contributed by atoms with Crippen LogP contribution < -0.4 is 11.1 Å². The average molecular weight is 363 g/mol. The van der Waals surface area contributed by atoms with Crippen LogP contribution in [0.4, 0.5) is 5.69 Å². The van der Waals surface area contributed by atoms with Gasteiger partial charge in [0.1, 0.15) is 0 Å². The minimum absolute atomic E-state index is 0. The molecule has 4 nitrogen and oxygen atoms in total. The number of hydrogen-bond donors (Lipinski definition) is 3. The van der Waals surface area contributed by atoms with E-state index in [-0.39, 0.29) is 36.5 Å². The summed E-state index contributed by atoms with van der Waals surface area (Å²) in [6.45, 7) is 4.69. The van der Waals surface area contributed by atoms with Crippen molar-refractivity contribution in [1.29, 1.82) is 0 Å². The first-order chi connectivity index (χ1) is 8.15. The van der Waals surface area contributed by atoms with Gasteiger partial charge in [-0.3, -0.25) is 4.99 Å². The molecule has 0 heterocycles. The predicted molar refractivity (Wildman–Crippen MR) is 87.6 cm³/mol. The van der Waals surface area contributed by atoms with Gasteiger partial charge in [0, 0.05) is 18.8 Å². The van der Waals surface area contributed by atoms with Crippen LogP contribution in [0.25, 0.3) is 0 Å². The van der Waals surface area contributed by atoms with Gasteiger partial charge in [-0.1, -0.05) is 26.0 Å². The molecule has 0 radical (unpaired) electrons. The van der Waals surface area contributed by atoms with E-state index in [4.69, 9.17) is 10.8 Å². The maximum Gasteiger partial charge on any atom is 0.193 e. The van der Waals surface area contributed by atoms with Crippen LogP contribution in [0, 0.1) is 5.92 Å². The van der Waals surface area contributed by atoms with E-state index in [2.05, 4.69) is 29.4 Å². The Morgan fingerprint density at radius 3 is 2.83 bits per heavy atom. The van der Waals surface area contributed by atoms with Gasteiger partial charge in [0.25, 0.3) is 0 Å². The van der Waals surface area contributed by atoms with Crippen molar-refractivity contribution in [2.45, 2.75) is 20.3 Å². The van der Waals surface area contributed by atoms with Crippen molar-refractivity contribution in [2.24, 2.45) is 16.6 Å². The fourth-order valence-electron chi connectivity index (χ4n) is 1.37. The molecule has 0 saturated carbocycles. The van der Waals surface area contributed by atoms with Crippen LogP contribution in [0.3, 0.4) is 0 Å². The lowest BCUT2D eigenvalue weighted by Crippen LogP contribution is -2.24. The molecule has 1 rings (SSSR count). The summed E-state index contributed by atoms with van der Waals surface area (Å²) in [5.74, 6) is 0.524. The van der Waals surface area contributed by atoms with Crippen LogP contribution >= 0.6 is 24.0 Å². The Kier molecular flexibility index (Phi) is 8.74. The number of aliphatic imine (C=N–C) groups is 1. The lowest BCUT2D eigenvalue weighted by atomic mass is 10.1. The molecule has 0 amide bonds. The molecule has 0 saturated heterocycles. The number of nitrogens with one attached hydrogen (secondary N) is 1. The number of halogens is 1. The third-order valence-electron chi connectivity index (χ3n) is 2.49. The second-order valence-electron chi connectivity index (χ2n) is 4.19. The minimum Gasteiger partial charge on any atom is -0.396 e. The molecule has 102 valence electrons. The molecule has 0 spiro atoms. The van der Waals surface area contributed by atoms with Crippen molar-refractivity contribution in [3.8, 4) is 0 Å². The smallest absolute Gasteiger partial charge is 0.193 e. The quantitative estimate of drug-likeness (QED) is 0.427. The largest absolute Gasteiger partial charge is 0.396 e. The zero-order chi connectivity index (χ0) is 12.7. The molecule has 1 aromatic carbocycles. The van der Waals surface area contributed by atoms with Crippen molar-refractivity contribution in [3.63, 3.8) is 0 Å². The van der Waals surface area contributed by atoms with Crippen molar-refractivity contribution in [3.05, 3.63) is 29.8 Å². The summed E-state index contributed by atoms with van der Waals surface area (Å²) in [6.07, 6.45) is 0.994. The van der Waals surface area contributed by atoms with Gasteiger partial charge >= 0.3 is 0 Å². The molecule has 1 aromatic rings. The molecule has 4 N–H and O–H groups in total. The Hall–Kier alpha value is -0.820. The third kappa shape index (κ3) is 6.20. The fraction of sp³-hybridized carbons (Fsp3) is 0.462. The van der Waals surface area contributed by atoms with Crippen LogP contribution in [0.2, 0.25) is 0 Å². The summed E-state index contributed by atoms with van der Waals surface area (Å²) in [6, 6.07) is 8.08. The van der Waals surface area contributed by atoms with E-state index in [0.29, 0.717) is 12.5 Å². The second-order valence-corrected chi connectivity index (χ2v) is 4.19. The molecule has 5 heteroatoms. The number of nitrogens with two attached hydrogens (primary N) is 1. The van der Waals surface area contributed by atoms with E-state index in [1.807, 2.05) is 19.1 Å². The van der Waals surface area contributed by atoms with Gasteiger partial charge < -0.3 is 16.2 Å². The second kappa shape index (κ2) is 9.16. The number of benzene rings is 1. The average Bonchev–Trinajstić information content (AvgIpc) is 2.36. The van der Waals surface area contributed by atoms with Gasteiger partial charge in [-0.25, -0.2) is 0 Å². The first-order valence-corrected chi connectivity index (χ1v) is 5.92. The Labute approximate surface area is 126 Å². The normalized spacial score (nSPS) is 12.7. The number of rotatable bonds is 5. The van der Waals surface area contributed by atoms with E-state index >= 15 is 0 Å². The highest BCUT2D eigenvalue weighted by atomic mass is 127. The van der Waals surface area contributed by atoms with E-state index < -0.39 is 0 Å². The van der Waals surface area contributed by atoms with Crippen LogP contribution in [0.15, 0.2) is 29.3 Å². The van der Waals surface area contributed by atoms with Crippen molar-refractivity contribution < 1.29 is 5.11 Å². The van der Waals surface area contributed by atoms with Crippen molar-refractivity contribution in [2.75, 3.05) is 18.5 Å². The number of guanidine groups is 1. The Morgan fingerprint density at radius 2 is 2.22 bits per heavy atom. The highest BCUT2D eigenvalue weighted by Gasteiger charge is 1.99. The summed E-state index contributed by atoms with van der Waals surface area (Å²) < 4.78 is 0. The molecule has 1 unspecified atom stereocenters. The van der Waals surface area contributed by atoms with Gasteiger partial charge in [-0.2, -0.15) is 0 Å². The van der Waals surface area contributed by atoms with E-state index in [1.165, 1.54) is 5.56 Å². The molecular weight excluding hydrogens is 341 g/mol. The molecule has 0 aliphatic carbocycles. The maximum atomic E-state index is 8.88. The minimum atomic E-state index is 0. The molecule has 1 atom stereocenters. The number of hydrogen-bond acceptors (Lipinski definition) is 2. The molecule has 0 aromatic heterocycles. The van der Waals surface area contributed by atoms with Crippen LogP contribution in [0.5, 0.6) is 0 Å². The highest BCUT2D eigenvalue weighted by molar-refractivity contribution is 14.0. The first kappa shape index (κ1) is 17.2. The molecule has 0 fully saturated rings. The van der Waals surface area contributed by atoms with Gasteiger partial charge in [-0.15, -0.1) is 24.0 Å². The van der Waals surface area contributed by atoms with Gasteiger partial charge in [0.15, 0.2) is 5.96 Å². The number of anilines is 1. The van der Waals surface area contributed by atoms with E-state index in [9.17, 15) is 0 Å². The molecular formula is C13H22IN3O. The van der Waals surface area contributed by atoms with Gasteiger partial charge in [0.2, 0.25) is 0 Å². The number of nitrogens with zero attached hydrogens (tertiary/aromatic N) is 1. The van der Waals surface area contributed by atoms with Crippen LogP contribution in [-0.2, 0) is 6.42 Å².